The van der Waals surface area contributed by atoms with Crippen molar-refractivity contribution in [2.24, 2.45) is 0 Å². The molecule has 0 saturated heterocycles. The number of nitrogens with zero attached hydrogens (tertiary/aromatic N) is 1. The van der Waals surface area contributed by atoms with Crippen molar-refractivity contribution in [1.82, 2.24) is 4.98 Å². The lowest BCUT2D eigenvalue weighted by atomic mass is 9.93. The summed E-state index contributed by atoms with van der Waals surface area (Å²) >= 11 is 5.81. The number of carboxylic acids is 1. The summed E-state index contributed by atoms with van der Waals surface area (Å²) in [6.07, 6.45) is 2.42. The van der Waals surface area contributed by atoms with Crippen molar-refractivity contribution in [3.8, 4) is 0 Å². The molecule has 3 nitrogen and oxygen atoms in total. The number of aryl methyl sites for hydroxylation is 1. The van der Waals surface area contributed by atoms with Gasteiger partial charge in [0, 0.05) is 6.20 Å². The first-order valence-corrected chi connectivity index (χ1v) is 5.27. The van der Waals surface area contributed by atoms with Crippen LogP contribution in [0.2, 0.25) is 5.15 Å². The highest BCUT2D eigenvalue weighted by molar-refractivity contribution is 6.32. The highest BCUT2D eigenvalue weighted by Crippen LogP contribution is 2.28. The topological polar surface area (TPSA) is 50.2 Å². The van der Waals surface area contributed by atoms with Gasteiger partial charge in [-0.1, -0.05) is 32.4 Å². The van der Waals surface area contributed by atoms with Crippen molar-refractivity contribution in [2.45, 2.75) is 33.1 Å². The smallest absolute Gasteiger partial charge is 0.339 e. The molecule has 0 radical (unpaired) electrons. The molecule has 15 heavy (non-hydrogen) atoms. The van der Waals surface area contributed by atoms with Gasteiger partial charge in [0.05, 0.1) is 0 Å². The second kappa shape index (κ2) is 4.62. The van der Waals surface area contributed by atoms with E-state index >= 15 is 0 Å². The van der Waals surface area contributed by atoms with Crippen LogP contribution < -0.4 is 0 Å². The molecule has 0 aliphatic heterocycles. The molecule has 0 spiro atoms. The zero-order valence-corrected chi connectivity index (χ0v) is 9.80. The molecule has 1 heterocycles. The van der Waals surface area contributed by atoms with Crippen LogP contribution in [0, 0.1) is 0 Å². The molecular formula is C11H14ClNO2. The molecule has 0 fully saturated rings. The largest absolute Gasteiger partial charge is 0.478 e. The molecule has 0 atom stereocenters. The monoisotopic (exact) mass is 227 g/mol. The Hall–Kier alpha value is -1.09. The maximum Gasteiger partial charge on any atom is 0.339 e. The van der Waals surface area contributed by atoms with Gasteiger partial charge in [-0.2, -0.15) is 0 Å². The molecule has 4 heteroatoms. The van der Waals surface area contributed by atoms with E-state index in [1.165, 1.54) is 0 Å². The van der Waals surface area contributed by atoms with Crippen LogP contribution in [0.3, 0.4) is 0 Å². The first-order valence-electron chi connectivity index (χ1n) is 4.89. The zero-order chi connectivity index (χ0) is 11.6. The Morgan fingerprint density at radius 1 is 1.60 bits per heavy atom. The van der Waals surface area contributed by atoms with E-state index in [1.54, 1.807) is 6.20 Å². The second-order valence-electron chi connectivity index (χ2n) is 3.68. The van der Waals surface area contributed by atoms with Gasteiger partial charge in [0.15, 0.2) is 0 Å². The normalized spacial score (nSPS) is 10.7. The minimum Gasteiger partial charge on any atom is -0.478 e. The van der Waals surface area contributed by atoms with Gasteiger partial charge < -0.3 is 5.11 Å². The van der Waals surface area contributed by atoms with Crippen molar-refractivity contribution in [2.75, 3.05) is 0 Å². The van der Waals surface area contributed by atoms with Gasteiger partial charge in [0.2, 0.25) is 0 Å². The standard InChI is InChI=1S/C11H14ClNO2/c1-4-7-5-13-10(12)9(11(14)15)8(7)6(2)3/h5-6H,4H2,1-3H3,(H,14,15). The van der Waals surface area contributed by atoms with Gasteiger partial charge in [-0.15, -0.1) is 0 Å². The second-order valence-corrected chi connectivity index (χ2v) is 4.03. The summed E-state index contributed by atoms with van der Waals surface area (Å²) in [5.41, 5.74) is 1.89. The number of halogens is 1. The van der Waals surface area contributed by atoms with Crippen LogP contribution in [0.25, 0.3) is 0 Å². The minimum absolute atomic E-state index is 0.0726. The Bertz CT molecular complexity index is 388. The van der Waals surface area contributed by atoms with Crippen LogP contribution in [0.5, 0.6) is 0 Å². The molecule has 1 N–H and O–H groups in total. The Morgan fingerprint density at radius 2 is 2.20 bits per heavy atom. The molecule has 0 aliphatic rings. The van der Waals surface area contributed by atoms with Gasteiger partial charge in [-0.05, 0) is 23.5 Å². The molecular weight excluding hydrogens is 214 g/mol. The average Bonchev–Trinajstić information content (AvgIpc) is 2.16. The summed E-state index contributed by atoms with van der Waals surface area (Å²) in [5.74, 6) is -0.877. The number of pyridine rings is 1. The lowest BCUT2D eigenvalue weighted by molar-refractivity contribution is 0.0695. The van der Waals surface area contributed by atoms with Crippen molar-refractivity contribution >= 4 is 17.6 Å². The molecule has 0 aromatic carbocycles. The van der Waals surface area contributed by atoms with Crippen LogP contribution in [-0.4, -0.2) is 16.1 Å². The Labute approximate surface area is 94.1 Å². The van der Waals surface area contributed by atoms with Crippen LogP contribution in [-0.2, 0) is 6.42 Å². The molecule has 0 aliphatic carbocycles. The number of aromatic nitrogens is 1. The van der Waals surface area contributed by atoms with E-state index < -0.39 is 5.97 Å². The third-order valence-electron chi connectivity index (χ3n) is 2.33. The fourth-order valence-electron chi connectivity index (χ4n) is 1.69. The lowest BCUT2D eigenvalue weighted by Crippen LogP contribution is -2.09. The molecule has 0 bridgehead atoms. The van der Waals surface area contributed by atoms with Crippen LogP contribution in [0.1, 0.15) is 48.2 Å². The van der Waals surface area contributed by atoms with E-state index in [0.29, 0.717) is 0 Å². The molecule has 1 aromatic rings. The summed E-state index contributed by atoms with van der Waals surface area (Å²) in [4.78, 5) is 15.0. The van der Waals surface area contributed by atoms with Crippen molar-refractivity contribution in [1.29, 1.82) is 0 Å². The average molecular weight is 228 g/mol. The van der Waals surface area contributed by atoms with E-state index in [9.17, 15) is 4.79 Å². The van der Waals surface area contributed by atoms with E-state index in [-0.39, 0.29) is 16.6 Å². The first-order chi connectivity index (χ1) is 6.99. The quantitative estimate of drug-likeness (QED) is 0.808. The van der Waals surface area contributed by atoms with Gasteiger partial charge >= 0.3 is 5.97 Å². The van der Waals surface area contributed by atoms with E-state index in [1.807, 2.05) is 20.8 Å². The fourth-order valence-corrected chi connectivity index (χ4v) is 1.92. The summed E-state index contributed by atoms with van der Waals surface area (Å²) in [5, 5.41) is 9.16. The molecule has 0 amide bonds. The number of aromatic carboxylic acids is 1. The molecule has 82 valence electrons. The lowest BCUT2D eigenvalue weighted by Gasteiger charge is -2.15. The summed E-state index contributed by atoms with van der Waals surface area (Å²) in [6.45, 7) is 5.89. The first kappa shape index (κ1) is 12.0. The number of rotatable bonds is 3. The molecule has 1 aromatic heterocycles. The SMILES string of the molecule is CCc1cnc(Cl)c(C(=O)O)c1C(C)C. The number of carbonyl (C=O) groups is 1. The molecule has 1 rings (SSSR count). The maximum absolute atomic E-state index is 11.1. The van der Waals surface area contributed by atoms with E-state index in [4.69, 9.17) is 16.7 Å². The van der Waals surface area contributed by atoms with Gasteiger partial charge in [-0.25, -0.2) is 9.78 Å². The summed E-state index contributed by atoms with van der Waals surface area (Å²) in [6, 6.07) is 0. The van der Waals surface area contributed by atoms with Crippen LogP contribution in [0.4, 0.5) is 0 Å². The third kappa shape index (κ3) is 2.29. The Kier molecular flexibility index (Phi) is 3.69. The fraction of sp³-hybridized carbons (Fsp3) is 0.455. The highest BCUT2D eigenvalue weighted by Gasteiger charge is 2.20. The van der Waals surface area contributed by atoms with Crippen molar-refractivity contribution in [3.05, 3.63) is 28.0 Å². The number of hydrogen-bond donors (Lipinski definition) is 1. The van der Waals surface area contributed by atoms with E-state index in [2.05, 4.69) is 4.98 Å². The molecule has 0 saturated carbocycles. The summed E-state index contributed by atoms with van der Waals surface area (Å²) < 4.78 is 0. The Morgan fingerprint density at radius 3 is 2.60 bits per heavy atom. The van der Waals surface area contributed by atoms with Gasteiger partial charge in [-0.3, -0.25) is 0 Å². The predicted octanol–water partition coefficient (Wildman–Crippen LogP) is 3.12. The van der Waals surface area contributed by atoms with E-state index in [0.717, 1.165) is 17.5 Å². The third-order valence-corrected chi connectivity index (χ3v) is 2.61. The minimum atomic E-state index is -1.01. The number of hydrogen-bond acceptors (Lipinski definition) is 2. The van der Waals surface area contributed by atoms with Gasteiger partial charge in [0.25, 0.3) is 0 Å². The predicted molar refractivity (Wildman–Crippen MR) is 59.7 cm³/mol. The Balaban J connectivity index is 3.51. The maximum atomic E-state index is 11.1. The van der Waals surface area contributed by atoms with Crippen LogP contribution in [0.15, 0.2) is 6.20 Å². The van der Waals surface area contributed by atoms with Crippen LogP contribution >= 0.6 is 11.6 Å². The summed E-state index contributed by atoms with van der Waals surface area (Å²) in [7, 11) is 0. The molecule has 0 unspecified atom stereocenters. The van der Waals surface area contributed by atoms with Crippen molar-refractivity contribution < 1.29 is 9.90 Å². The van der Waals surface area contributed by atoms with Crippen molar-refractivity contribution in [3.63, 3.8) is 0 Å². The highest BCUT2D eigenvalue weighted by atomic mass is 35.5. The zero-order valence-electron chi connectivity index (χ0n) is 9.04. The number of carboxylic acid groups (broad SMARTS) is 1. The van der Waals surface area contributed by atoms with Gasteiger partial charge in [0.1, 0.15) is 10.7 Å².